The predicted molar refractivity (Wildman–Crippen MR) is 79.2 cm³/mol. The molecule has 2 rings (SSSR count). The van der Waals surface area contributed by atoms with E-state index in [9.17, 15) is 9.90 Å². The van der Waals surface area contributed by atoms with Gasteiger partial charge in [-0.25, -0.2) is 9.78 Å². The van der Waals surface area contributed by atoms with Gasteiger partial charge in [0, 0.05) is 22.9 Å². The van der Waals surface area contributed by atoms with Crippen LogP contribution in [0, 0.1) is 0 Å². The largest absolute Gasteiger partial charge is 0.478 e. The van der Waals surface area contributed by atoms with Gasteiger partial charge in [-0.05, 0) is 24.3 Å². The van der Waals surface area contributed by atoms with Crippen LogP contribution in [-0.2, 0) is 5.41 Å². The van der Waals surface area contributed by atoms with Gasteiger partial charge < -0.3 is 10.4 Å². The van der Waals surface area contributed by atoms with Gasteiger partial charge in [-0.3, -0.25) is 0 Å². The van der Waals surface area contributed by atoms with Gasteiger partial charge in [0.15, 0.2) is 0 Å². The highest BCUT2D eigenvalue weighted by molar-refractivity contribution is 7.99. The molecule has 1 aromatic heterocycles. The Morgan fingerprint density at radius 1 is 1.47 bits per heavy atom. The van der Waals surface area contributed by atoms with Crippen LogP contribution in [0.5, 0.6) is 0 Å². The van der Waals surface area contributed by atoms with Crippen LogP contribution < -0.4 is 5.32 Å². The minimum absolute atomic E-state index is 0.160. The van der Waals surface area contributed by atoms with Crippen LogP contribution >= 0.6 is 11.8 Å². The summed E-state index contributed by atoms with van der Waals surface area (Å²) in [6, 6.07) is 3.69. The van der Waals surface area contributed by atoms with Crippen molar-refractivity contribution in [2.75, 3.05) is 16.8 Å². The number of pyridine rings is 1. The van der Waals surface area contributed by atoms with Crippen molar-refractivity contribution in [1.29, 1.82) is 0 Å². The maximum Gasteiger partial charge on any atom is 0.335 e. The first kappa shape index (κ1) is 14.2. The third-order valence-corrected chi connectivity index (χ3v) is 4.28. The number of carboxylic acid groups (broad SMARTS) is 1. The lowest BCUT2D eigenvalue weighted by Crippen LogP contribution is -2.22. The monoisotopic (exact) mass is 280 g/mol. The molecule has 0 radical (unpaired) electrons. The van der Waals surface area contributed by atoms with Crippen molar-refractivity contribution in [2.45, 2.75) is 38.6 Å². The SMILES string of the molecule is CC(C)(C)c1cc(C(=O)O)cc(NC2CCSC2)n1. The third kappa shape index (κ3) is 3.62. The molecule has 1 atom stereocenters. The number of aromatic carboxylic acids is 1. The zero-order chi connectivity index (χ0) is 14.0. The van der Waals surface area contributed by atoms with Crippen molar-refractivity contribution in [3.63, 3.8) is 0 Å². The summed E-state index contributed by atoms with van der Waals surface area (Å²) in [6.45, 7) is 6.11. The van der Waals surface area contributed by atoms with Crippen LogP contribution in [0.2, 0.25) is 0 Å². The highest BCUT2D eigenvalue weighted by Crippen LogP contribution is 2.25. The first-order chi connectivity index (χ1) is 8.86. The number of hydrogen-bond donors (Lipinski definition) is 2. The van der Waals surface area contributed by atoms with E-state index in [1.54, 1.807) is 12.1 Å². The van der Waals surface area contributed by atoms with Gasteiger partial charge in [0.1, 0.15) is 5.82 Å². The second-order valence-electron chi connectivity index (χ2n) is 5.89. The van der Waals surface area contributed by atoms with Gasteiger partial charge in [-0.1, -0.05) is 20.8 Å². The molecule has 4 nitrogen and oxygen atoms in total. The molecule has 1 aliphatic heterocycles. The summed E-state index contributed by atoms with van der Waals surface area (Å²) >= 11 is 1.92. The molecule has 1 unspecified atom stereocenters. The van der Waals surface area contributed by atoms with E-state index in [-0.39, 0.29) is 5.41 Å². The summed E-state index contributed by atoms with van der Waals surface area (Å²) in [5.41, 5.74) is 0.945. The summed E-state index contributed by atoms with van der Waals surface area (Å²) in [5.74, 6) is 1.99. The Kier molecular flexibility index (Phi) is 4.04. The van der Waals surface area contributed by atoms with E-state index < -0.39 is 5.97 Å². The molecule has 2 heterocycles. The molecule has 2 N–H and O–H groups in total. The molecule has 0 aromatic carbocycles. The molecule has 1 fully saturated rings. The topological polar surface area (TPSA) is 62.2 Å². The van der Waals surface area contributed by atoms with Crippen molar-refractivity contribution < 1.29 is 9.90 Å². The quantitative estimate of drug-likeness (QED) is 0.891. The molecule has 1 aromatic rings. The number of anilines is 1. The number of carboxylic acids is 1. The Morgan fingerprint density at radius 3 is 2.74 bits per heavy atom. The average Bonchev–Trinajstić information content (AvgIpc) is 2.80. The van der Waals surface area contributed by atoms with Gasteiger partial charge in [0.05, 0.1) is 5.56 Å². The van der Waals surface area contributed by atoms with E-state index in [1.807, 2.05) is 32.5 Å². The zero-order valence-corrected chi connectivity index (χ0v) is 12.4. The number of nitrogens with one attached hydrogen (secondary N) is 1. The number of rotatable bonds is 3. The zero-order valence-electron chi connectivity index (χ0n) is 11.6. The van der Waals surface area contributed by atoms with Gasteiger partial charge in [0.2, 0.25) is 0 Å². The summed E-state index contributed by atoms with van der Waals surface area (Å²) in [4.78, 5) is 15.8. The Labute approximate surface area is 118 Å². The Hall–Kier alpha value is -1.23. The number of aromatic nitrogens is 1. The summed E-state index contributed by atoms with van der Waals surface area (Å²) in [6.07, 6.45) is 1.11. The lowest BCUT2D eigenvalue weighted by Gasteiger charge is -2.21. The minimum Gasteiger partial charge on any atom is -0.478 e. The fraction of sp³-hybridized carbons (Fsp3) is 0.571. The van der Waals surface area contributed by atoms with Gasteiger partial charge in [-0.2, -0.15) is 11.8 Å². The van der Waals surface area contributed by atoms with Crippen molar-refractivity contribution in [3.05, 3.63) is 23.4 Å². The summed E-state index contributed by atoms with van der Waals surface area (Å²) in [5, 5.41) is 12.6. The van der Waals surface area contributed by atoms with Crippen LogP contribution in [0.1, 0.15) is 43.2 Å². The number of thioether (sulfide) groups is 1. The molecule has 1 saturated heterocycles. The Balaban J connectivity index is 2.31. The fourth-order valence-electron chi connectivity index (χ4n) is 1.97. The molecule has 0 amide bonds. The summed E-state index contributed by atoms with van der Waals surface area (Å²) < 4.78 is 0. The summed E-state index contributed by atoms with van der Waals surface area (Å²) in [7, 11) is 0. The third-order valence-electron chi connectivity index (χ3n) is 3.12. The fourth-order valence-corrected chi connectivity index (χ4v) is 3.12. The molecule has 0 bridgehead atoms. The normalized spacial score (nSPS) is 19.4. The van der Waals surface area contributed by atoms with Crippen LogP contribution in [0.3, 0.4) is 0 Å². The van der Waals surface area contributed by atoms with Crippen molar-refractivity contribution in [2.24, 2.45) is 0 Å². The first-order valence-electron chi connectivity index (χ1n) is 6.46. The molecular formula is C14H20N2O2S. The van der Waals surface area contributed by atoms with E-state index in [0.29, 0.717) is 17.4 Å². The van der Waals surface area contributed by atoms with E-state index in [1.165, 1.54) is 0 Å². The van der Waals surface area contributed by atoms with Crippen LogP contribution in [0.25, 0.3) is 0 Å². The predicted octanol–water partition coefficient (Wildman–Crippen LogP) is 2.99. The van der Waals surface area contributed by atoms with E-state index in [4.69, 9.17) is 0 Å². The van der Waals surface area contributed by atoms with E-state index >= 15 is 0 Å². The smallest absolute Gasteiger partial charge is 0.335 e. The lowest BCUT2D eigenvalue weighted by atomic mass is 9.90. The highest BCUT2D eigenvalue weighted by Gasteiger charge is 2.21. The number of nitrogens with zero attached hydrogens (tertiary/aromatic N) is 1. The standard InChI is InChI=1S/C14H20N2O2S/c1-14(2,3)11-6-9(13(17)18)7-12(16-11)15-10-4-5-19-8-10/h6-7,10H,4-5,8H2,1-3H3,(H,15,16)(H,17,18). The van der Waals surface area contributed by atoms with Gasteiger partial charge in [0.25, 0.3) is 0 Å². The van der Waals surface area contributed by atoms with Crippen LogP contribution in [0.4, 0.5) is 5.82 Å². The number of hydrogen-bond acceptors (Lipinski definition) is 4. The molecule has 0 saturated carbocycles. The molecule has 19 heavy (non-hydrogen) atoms. The second kappa shape index (κ2) is 5.41. The molecule has 0 spiro atoms. The maximum absolute atomic E-state index is 11.2. The molecule has 1 aliphatic rings. The Bertz CT molecular complexity index is 477. The molecular weight excluding hydrogens is 260 g/mol. The van der Waals surface area contributed by atoms with Crippen molar-refractivity contribution in [1.82, 2.24) is 4.98 Å². The first-order valence-corrected chi connectivity index (χ1v) is 7.62. The highest BCUT2D eigenvalue weighted by atomic mass is 32.2. The number of carbonyl (C=O) groups is 1. The average molecular weight is 280 g/mol. The van der Waals surface area contributed by atoms with Crippen LogP contribution in [0.15, 0.2) is 12.1 Å². The lowest BCUT2D eigenvalue weighted by molar-refractivity contribution is 0.0696. The molecule has 5 heteroatoms. The van der Waals surface area contributed by atoms with Crippen molar-refractivity contribution in [3.8, 4) is 0 Å². The maximum atomic E-state index is 11.2. The second-order valence-corrected chi connectivity index (χ2v) is 7.04. The van der Waals surface area contributed by atoms with Gasteiger partial charge >= 0.3 is 5.97 Å². The minimum atomic E-state index is -0.906. The van der Waals surface area contributed by atoms with Gasteiger partial charge in [-0.15, -0.1) is 0 Å². The Morgan fingerprint density at radius 2 is 2.21 bits per heavy atom. The van der Waals surface area contributed by atoms with E-state index in [2.05, 4.69) is 10.3 Å². The van der Waals surface area contributed by atoms with E-state index in [0.717, 1.165) is 23.6 Å². The van der Waals surface area contributed by atoms with Crippen molar-refractivity contribution >= 4 is 23.5 Å². The van der Waals surface area contributed by atoms with Crippen LogP contribution in [-0.4, -0.2) is 33.6 Å². The molecule has 104 valence electrons. The molecule has 0 aliphatic carbocycles.